The fourth-order valence-electron chi connectivity index (χ4n) is 1.42. The van der Waals surface area contributed by atoms with Crippen LogP contribution in [0.1, 0.15) is 15.4 Å². The lowest BCUT2D eigenvalue weighted by atomic mass is 10.2. The molecule has 0 aliphatic heterocycles. The zero-order valence-electron chi connectivity index (χ0n) is 9.26. The SMILES string of the molecule is CN(Cc1nccs1)C(=O)c1ccc(Cl)cc1. The Labute approximate surface area is 109 Å². The van der Waals surface area contributed by atoms with Crippen LogP contribution in [0.25, 0.3) is 0 Å². The predicted molar refractivity (Wildman–Crippen MR) is 69.4 cm³/mol. The molecule has 0 radical (unpaired) electrons. The molecule has 0 unspecified atom stereocenters. The summed E-state index contributed by atoms with van der Waals surface area (Å²) in [4.78, 5) is 17.8. The van der Waals surface area contributed by atoms with Gasteiger partial charge in [0.25, 0.3) is 5.91 Å². The highest BCUT2D eigenvalue weighted by molar-refractivity contribution is 7.09. The molecule has 1 aromatic carbocycles. The molecule has 1 heterocycles. The van der Waals surface area contributed by atoms with Crippen molar-refractivity contribution in [3.63, 3.8) is 0 Å². The molecule has 0 spiro atoms. The minimum atomic E-state index is -0.0307. The van der Waals surface area contributed by atoms with Crippen LogP contribution in [0.3, 0.4) is 0 Å². The summed E-state index contributed by atoms with van der Waals surface area (Å²) >= 11 is 7.32. The predicted octanol–water partition coefficient (Wildman–Crippen LogP) is 3.07. The number of aromatic nitrogens is 1. The Balaban J connectivity index is 2.07. The lowest BCUT2D eigenvalue weighted by Gasteiger charge is -2.15. The zero-order chi connectivity index (χ0) is 12.3. The van der Waals surface area contributed by atoms with Gasteiger partial charge in [0.05, 0.1) is 6.54 Å². The molecule has 1 aromatic heterocycles. The van der Waals surface area contributed by atoms with Gasteiger partial charge in [-0.1, -0.05) is 11.6 Å². The van der Waals surface area contributed by atoms with Gasteiger partial charge in [0.15, 0.2) is 0 Å². The summed E-state index contributed by atoms with van der Waals surface area (Å²) in [6.45, 7) is 0.527. The Hall–Kier alpha value is -1.39. The van der Waals surface area contributed by atoms with Crippen LogP contribution in [0, 0.1) is 0 Å². The van der Waals surface area contributed by atoms with E-state index >= 15 is 0 Å². The summed E-state index contributed by atoms with van der Waals surface area (Å²) in [6.07, 6.45) is 1.74. The van der Waals surface area contributed by atoms with Crippen molar-refractivity contribution in [3.05, 3.63) is 51.4 Å². The number of benzene rings is 1. The average molecular weight is 267 g/mol. The molecule has 2 aromatic rings. The van der Waals surface area contributed by atoms with Gasteiger partial charge in [-0.25, -0.2) is 4.98 Å². The third-order valence-corrected chi connectivity index (χ3v) is 3.31. The van der Waals surface area contributed by atoms with Gasteiger partial charge in [-0.05, 0) is 24.3 Å². The number of halogens is 1. The third kappa shape index (κ3) is 3.05. The number of hydrogen-bond donors (Lipinski definition) is 0. The van der Waals surface area contributed by atoms with Crippen LogP contribution in [-0.4, -0.2) is 22.8 Å². The molecule has 0 aliphatic carbocycles. The first kappa shape index (κ1) is 12.1. The standard InChI is InChI=1S/C12H11ClN2OS/c1-15(8-11-14-6-7-17-11)12(16)9-2-4-10(13)5-3-9/h2-7H,8H2,1H3. The van der Waals surface area contributed by atoms with Crippen LogP contribution in [0.4, 0.5) is 0 Å². The van der Waals surface area contributed by atoms with E-state index in [2.05, 4.69) is 4.98 Å². The Morgan fingerprint density at radius 2 is 2.12 bits per heavy atom. The molecule has 0 fully saturated rings. The molecule has 0 atom stereocenters. The summed E-state index contributed by atoms with van der Waals surface area (Å²) in [5, 5.41) is 3.45. The molecule has 1 amide bonds. The monoisotopic (exact) mass is 266 g/mol. The van der Waals surface area contributed by atoms with E-state index in [0.29, 0.717) is 17.1 Å². The van der Waals surface area contributed by atoms with Crippen LogP contribution >= 0.6 is 22.9 Å². The number of carbonyl (C=O) groups is 1. The number of rotatable bonds is 3. The lowest BCUT2D eigenvalue weighted by Crippen LogP contribution is -2.26. The molecule has 0 saturated heterocycles. The summed E-state index contributed by atoms with van der Waals surface area (Å²) in [6, 6.07) is 6.88. The molecule has 17 heavy (non-hydrogen) atoms. The minimum absolute atomic E-state index is 0.0307. The van der Waals surface area contributed by atoms with Crippen LogP contribution < -0.4 is 0 Å². The van der Waals surface area contributed by atoms with Gasteiger partial charge in [0.2, 0.25) is 0 Å². The van der Waals surface area contributed by atoms with Gasteiger partial charge in [-0.3, -0.25) is 4.79 Å². The van der Waals surface area contributed by atoms with Gasteiger partial charge < -0.3 is 4.90 Å². The zero-order valence-corrected chi connectivity index (χ0v) is 10.8. The van der Waals surface area contributed by atoms with E-state index in [4.69, 9.17) is 11.6 Å². The first-order chi connectivity index (χ1) is 8.16. The smallest absolute Gasteiger partial charge is 0.253 e. The first-order valence-corrected chi connectivity index (χ1v) is 6.32. The second kappa shape index (κ2) is 5.29. The van der Waals surface area contributed by atoms with Crippen molar-refractivity contribution in [1.82, 2.24) is 9.88 Å². The number of hydrogen-bond acceptors (Lipinski definition) is 3. The highest BCUT2D eigenvalue weighted by Gasteiger charge is 2.12. The second-order valence-electron chi connectivity index (χ2n) is 3.59. The minimum Gasteiger partial charge on any atom is -0.335 e. The summed E-state index contributed by atoms with van der Waals surface area (Å²) in [7, 11) is 1.76. The maximum absolute atomic E-state index is 12.0. The van der Waals surface area contributed by atoms with Crippen LogP contribution in [-0.2, 0) is 6.54 Å². The topological polar surface area (TPSA) is 33.2 Å². The molecule has 0 bridgehead atoms. The van der Waals surface area contributed by atoms with Crippen molar-refractivity contribution < 1.29 is 4.79 Å². The quantitative estimate of drug-likeness (QED) is 0.855. The Morgan fingerprint density at radius 3 is 2.71 bits per heavy atom. The highest BCUT2D eigenvalue weighted by atomic mass is 35.5. The fourth-order valence-corrected chi connectivity index (χ4v) is 2.21. The van der Waals surface area contributed by atoms with Gasteiger partial charge in [-0.2, -0.15) is 0 Å². The first-order valence-electron chi connectivity index (χ1n) is 5.06. The van der Waals surface area contributed by atoms with Gasteiger partial charge in [0.1, 0.15) is 5.01 Å². The Morgan fingerprint density at radius 1 is 1.41 bits per heavy atom. The van der Waals surface area contributed by atoms with E-state index in [1.807, 2.05) is 5.38 Å². The van der Waals surface area contributed by atoms with Crippen LogP contribution in [0.15, 0.2) is 35.8 Å². The van der Waals surface area contributed by atoms with E-state index in [0.717, 1.165) is 5.01 Å². The maximum Gasteiger partial charge on any atom is 0.253 e. The average Bonchev–Trinajstić information content (AvgIpc) is 2.82. The fraction of sp³-hybridized carbons (Fsp3) is 0.167. The molecule has 2 rings (SSSR count). The maximum atomic E-state index is 12.0. The van der Waals surface area contributed by atoms with E-state index < -0.39 is 0 Å². The molecule has 0 aliphatic rings. The second-order valence-corrected chi connectivity index (χ2v) is 5.01. The molecule has 88 valence electrons. The lowest BCUT2D eigenvalue weighted by molar-refractivity contribution is 0.0785. The van der Waals surface area contributed by atoms with E-state index in [1.165, 1.54) is 0 Å². The molecule has 0 saturated carbocycles. The van der Waals surface area contributed by atoms with Crippen molar-refractivity contribution >= 4 is 28.8 Å². The van der Waals surface area contributed by atoms with Gasteiger partial charge >= 0.3 is 0 Å². The number of nitrogens with zero attached hydrogens (tertiary/aromatic N) is 2. The highest BCUT2D eigenvalue weighted by Crippen LogP contribution is 2.13. The van der Waals surface area contributed by atoms with E-state index in [-0.39, 0.29) is 5.91 Å². The summed E-state index contributed by atoms with van der Waals surface area (Å²) in [5.74, 6) is -0.0307. The number of carbonyl (C=O) groups excluding carboxylic acids is 1. The van der Waals surface area contributed by atoms with Crippen LogP contribution in [0.5, 0.6) is 0 Å². The summed E-state index contributed by atoms with van der Waals surface area (Å²) < 4.78 is 0. The van der Waals surface area contributed by atoms with Gasteiger partial charge in [0, 0.05) is 29.2 Å². The molecular formula is C12H11ClN2OS. The molecule has 0 N–H and O–H groups in total. The van der Waals surface area contributed by atoms with Crippen molar-refractivity contribution in [2.24, 2.45) is 0 Å². The largest absolute Gasteiger partial charge is 0.335 e. The number of thiazole rings is 1. The third-order valence-electron chi connectivity index (χ3n) is 2.29. The molecular weight excluding hydrogens is 256 g/mol. The molecule has 5 heteroatoms. The Kier molecular flexibility index (Phi) is 3.76. The number of amides is 1. The van der Waals surface area contributed by atoms with Crippen LogP contribution in [0.2, 0.25) is 5.02 Å². The van der Waals surface area contributed by atoms with Crippen molar-refractivity contribution in [3.8, 4) is 0 Å². The van der Waals surface area contributed by atoms with Crippen molar-refractivity contribution in [1.29, 1.82) is 0 Å². The Bertz CT molecular complexity index is 496. The van der Waals surface area contributed by atoms with E-state index in [9.17, 15) is 4.79 Å². The van der Waals surface area contributed by atoms with E-state index in [1.54, 1.807) is 53.7 Å². The van der Waals surface area contributed by atoms with Crippen molar-refractivity contribution in [2.75, 3.05) is 7.05 Å². The summed E-state index contributed by atoms with van der Waals surface area (Å²) in [5.41, 5.74) is 0.633. The van der Waals surface area contributed by atoms with Gasteiger partial charge in [-0.15, -0.1) is 11.3 Å². The van der Waals surface area contributed by atoms with Crippen molar-refractivity contribution in [2.45, 2.75) is 6.54 Å². The normalized spacial score (nSPS) is 10.2. The molecule has 3 nitrogen and oxygen atoms in total.